The third-order valence-electron chi connectivity index (χ3n) is 5.26. The summed E-state index contributed by atoms with van der Waals surface area (Å²) in [6, 6.07) is 5.26. The summed E-state index contributed by atoms with van der Waals surface area (Å²) in [4.78, 5) is 27.2. The lowest BCUT2D eigenvalue weighted by molar-refractivity contribution is -0.140. The highest BCUT2D eigenvalue weighted by Gasteiger charge is 2.41. The van der Waals surface area contributed by atoms with Crippen molar-refractivity contribution >= 4 is 23.4 Å². The molecule has 1 unspecified atom stereocenters. The van der Waals surface area contributed by atoms with E-state index in [4.69, 9.17) is 11.6 Å². The third kappa shape index (κ3) is 4.76. The van der Waals surface area contributed by atoms with Crippen LogP contribution in [0.15, 0.2) is 24.3 Å². The Morgan fingerprint density at radius 2 is 1.69 bits per heavy atom. The van der Waals surface area contributed by atoms with Crippen LogP contribution < -0.4 is 5.32 Å². The first-order valence-electron chi connectivity index (χ1n) is 9.53. The van der Waals surface area contributed by atoms with Crippen molar-refractivity contribution in [3.63, 3.8) is 0 Å². The van der Waals surface area contributed by atoms with Gasteiger partial charge >= 0.3 is 0 Å². The Hall–Kier alpha value is -1.62. The second kappa shape index (κ2) is 8.85. The molecule has 2 aliphatic carbocycles. The van der Waals surface area contributed by atoms with E-state index in [1.807, 2.05) is 0 Å². The molecule has 6 heteroatoms. The molecule has 0 radical (unpaired) electrons. The number of carbonyl (C=O) groups is 2. The minimum Gasteiger partial charge on any atom is -0.351 e. The summed E-state index contributed by atoms with van der Waals surface area (Å²) >= 11 is 5.81. The normalized spacial score (nSPS) is 19.5. The van der Waals surface area contributed by atoms with Crippen LogP contribution in [0.4, 0.5) is 4.39 Å². The molecule has 1 aromatic rings. The van der Waals surface area contributed by atoms with Gasteiger partial charge in [-0.1, -0.05) is 37.8 Å². The van der Waals surface area contributed by atoms with Crippen molar-refractivity contribution < 1.29 is 14.0 Å². The highest BCUT2D eigenvalue weighted by molar-refractivity contribution is 6.27. The zero-order valence-corrected chi connectivity index (χ0v) is 15.7. The smallest absolute Gasteiger partial charge is 0.247 e. The molecule has 4 nitrogen and oxygen atoms in total. The molecule has 1 N–H and O–H groups in total. The van der Waals surface area contributed by atoms with Gasteiger partial charge in [-0.15, -0.1) is 11.6 Å². The van der Waals surface area contributed by atoms with E-state index in [0.717, 1.165) is 38.5 Å². The molecule has 3 rings (SSSR count). The Morgan fingerprint density at radius 3 is 2.23 bits per heavy atom. The summed E-state index contributed by atoms with van der Waals surface area (Å²) in [5.41, 5.74) is 0.628. The fraction of sp³-hybridized carbons (Fsp3) is 0.600. The van der Waals surface area contributed by atoms with Crippen molar-refractivity contribution in [2.45, 2.75) is 69.5 Å². The molecule has 2 fully saturated rings. The van der Waals surface area contributed by atoms with Gasteiger partial charge in [-0.3, -0.25) is 9.59 Å². The average Bonchev–Trinajstić information content (AvgIpc) is 3.48. The van der Waals surface area contributed by atoms with Crippen LogP contribution in [-0.2, 0) is 9.59 Å². The predicted molar refractivity (Wildman–Crippen MR) is 99.4 cm³/mol. The fourth-order valence-electron chi connectivity index (χ4n) is 3.77. The van der Waals surface area contributed by atoms with Crippen LogP contribution in [0, 0.1) is 5.82 Å². The van der Waals surface area contributed by atoms with Crippen molar-refractivity contribution in [3.8, 4) is 0 Å². The number of benzene rings is 1. The van der Waals surface area contributed by atoms with Gasteiger partial charge in [0.2, 0.25) is 11.8 Å². The standard InChI is InChI=1S/C20H26ClFN2O2/c21-13-18(25)24(17-11-12-17)19(14-7-9-15(22)10-8-14)20(26)23-16-5-3-1-2-4-6-16/h7-10,16-17,19H,1-6,11-13H2,(H,23,26). The van der Waals surface area contributed by atoms with Crippen molar-refractivity contribution in [2.75, 3.05) is 5.88 Å². The molecule has 2 saturated carbocycles. The van der Waals surface area contributed by atoms with Crippen molar-refractivity contribution in [1.29, 1.82) is 0 Å². The number of nitrogens with one attached hydrogen (secondary N) is 1. The lowest BCUT2D eigenvalue weighted by Crippen LogP contribution is -2.47. The maximum Gasteiger partial charge on any atom is 0.247 e. The molecule has 0 saturated heterocycles. The average molecular weight is 381 g/mol. The van der Waals surface area contributed by atoms with Gasteiger partial charge in [-0.05, 0) is 43.4 Å². The highest BCUT2D eigenvalue weighted by atomic mass is 35.5. The van der Waals surface area contributed by atoms with E-state index in [-0.39, 0.29) is 35.6 Å². The Morgan fingerprint density at radius 1 is 1.08 bits per heavy atom. The van der Waals surface area contributed by atoms with Crippen LogP contribution >= 0.6 is 11.6 Å². The first kappa shape index (κ1) is 19.2. The minimum absolute atomic E-state index is 0.0381. The fourth-order valence-corrected chi connectivity index (χ4v) is 3.91. The lowest BCUT2D eigenvalue weighted by Gasteiger charge is -2.32. The van der Waals surface area contributed by atoms with Gasteiger partial charge in [0.15, 0.2) is 0 Å². The summed E-state index contributed by atoms with van der Waals surface area (Å²) in [7, 11) is 0. The summed E-state index contributed by atoms with van der Waals surface area (Å²) in [5, 5.41) is 3.14. The van der Waals surface area contributed by atoms with Gasteiger partial charge in [-0.25, -0.2) is 4.39 Å². The molecule has 0 heterocycles. The summed E-state index contributed by atoms with van der Waals surface area (Å²) in [5.74, 6) is -0.961. The molecule has 2 aliphatic rings. The van der Waals surface area contributed by atoms with E-state index in [1.165, 1.54) is 25.0 Å². The van der Waals surface area contributed by atoms with Crippen LogP contribution in [0.3, 0.4) is 0 Å². The molecule has 142 valence electrons. The molecular weight excluding hydrogens is 355 g/mol. The van der Waals surface area contributed by atoms with Gasteiger partial charge in [0.05, 0.1) is 0 Å². The van der Waals surface area contributed by atoms with Gasteiger partial charge in [0, 0.05) is 12.1 Å². The number of rotatable bonds is 6. The van der Waals surface area contributed by atoms with Crippen molar-refractivity contribution in [2.24, 2.45) is 0 Å². The van der Waals surface area contributed by atoms with E-state index in [9.17, 15) is 14.0 Å². The van der Waals surface area contributed by atoms with Crippen LogP contribution in [0.2, 0.25) is 0 Å². The number of hydrogen-bond donors (Lipinski definition) is 1. The largest absolute Gasteiger partial charge is 0.351 e. The van der Waals surface area contributed by atoms with Crippen LogP contribution in [0.1, 0.15) is 63.0 Å². The minimum atomic E-state index is -0.752. The zero-order chi connectivity index (χ0) is 18.5. The number of carbonyl (C=O) groups excluding carboxylic acids is 2. The first-order valence-corrected chi connectivity index (χ1v) is 10.1. The second-order valence-electron chi connectivity index (χ2n) is 7.32. The topological polar surface area (TPSA) is 49.4 Å². The Balaban J connectivity index is 1.84. The molecule has 2 amide bonds. The molecule has 0 aromatic heterocycles. The molecule has 1 aromatic carbocycles. The quantitative estimate of drug-likeness (QED) is 0.600. The zero-order valence-electron chi connectivity index (χ0n) is 14.9. The molecule has 1 atom stereocenters. The summed E-state index contributed by atoms with van der Waals surface area (Å²) in [6.07, 6.45) is 8.30. The molecule has 0 bridgehead atoms. The molecular formula is C20H26ClFN2O2. The van der Waals surface area contributed by atoms with Gasteiger partial charge < -0.3 is 10.2 Å². The molecule has 26 heavy (non-hydrogen) atoms. The number of nitrogens with zero attached hydrogens (tertiary/aromatic N) is 1. The number of alkyl halides is 1. The number of hydrogen-bond acceptors (Lipinski definition) is 2. The maximum absolute atomic E-state index is 13.4. The van der Waals surface area contributed by atoms with E-state index < -0.39 is 6.04 Å². The molecule has 0 aliphatic heterocycles. The maximum atomic E-state index is 13.4. The second-order valence-corrected chi connectivity index (χ2v) is 7.58. The lowest BCUT2D eigenvalue weighted by atomic mass is 10.0. The predicted octanol–water partition coefficient (Wildman–Crippen LogP) is 3.94. The van der Waals surface area contributed by atoms with Gasteiger partial charge in [0.25, 0.3) is 0 Å². The van der Waals surface area contributed by atoms with E-state index >= 15 is 0 Å². The monoisotopic (exact) mass is 380 g/mol. The first-order chi connectivity index (χ1) is 12.6. The SMILES string of the molecule is O=C(NC1CCCCCC1)C(c1ccc(F)cc1)N(C(=O)CCl)C1CC1. The Labute approximate surface area is 159 Å². The van der Waals surface area contributed by atoms with Crippen LogP contribution in [0.25, 0.3) is 0 Å². The van der Waals surface area contributed by atoms with E-state index in [2.05, 4.69) is 5.32 Å². The molecule has 0 spiro atoms. The third-order valence-corrected chi connectivity index (χ3v) is 5.49. The van der Waals surface area contributed by atoms with E-state index in [0.29, 0.717) is 5.56 Å². The van der Waals surface area contributed by atoms with Gasteiger partial charge in [-0.2, -0.15) is 0 Å². The number of halogens is 2. The highest BCUT2D eigenvalue weighted by Crippen LogP contribution is 2.35. The van der Waals surface area contributed by atoms with Crippen LogP contribution in [-0.4, -0.2) is 34.7 Å². The van der Waals surface area contributed by atoms with Crippen LogP contribution in [0.5, 0.6) is 0 Å². The van der Waals surface area contributed by atoms with Crippen molar-refractivity contribution in [3.05, 3.63) is 35.6 Å². The van der Waals surface area contributed by atoms with E-state index in [1.54, 1.807) is 17.0 Å². The van der Waals surface area contributed by atoms with Gasteiger partial charge in [0.1, 0.15) is 17.7 Å². The summed E-state index contributed by atoms with van der Waals surface area (Å²) < 4.78 is 13.4. The summed E-state index contributed by atoms with van der Waals surface area (Å²) in [6.45, 7) is 0. The Kier molecular flexibility index (Phi) is 6.52. The Bertz CT molecular complexity index is 625. The van der Waals surface area contributed by atoms with Crippen molar-refractivity contribution in [1.82, 2.24) is 10.2 Å². The number of amides is 2.